The van der Waals surface area contributed by atoms with Crippen LogP contribution in [0.2, 0.25) is 0 Å². The molecule has 2 aromatic rings. The first-order chi connectivity index (χ1) is 18.5. The molecule has 2 aromatic carbocycles. The van der Waals surface area contributed by atoms with Gasteiger partial charge in [-0.1, -0.05) is 44.9 Å². The summed E-state index contributed by atoms with van der Waals surface area (Å²) in [5.41, 5.74) is 2.71. The SMILES string of the molecule is C=C(C)C(=O)NCCNCCCCCCNCCNc1ccc2c3c(cccc13)C(=O)N(CCCC)C2=O. The van der Waals surface area contributed by atoms with Gasteiger partial charge in [0.2, 0.25) is 5.91 Å². The first kappa shape index (κ1) is 29.3. The Balaban J connectivity index is 1.33. The number of nitrogens with one attached hydrogen (secondary N) is 4. The zero-order chi connectivity index (χ0) is 27.3. The molecule has 1 aliphatic rings. The van der Waals surface area contributed by atoms with Crippen molar-refractivity contribution in [2.24, 2.45) is 0 Å². The number of unbranched alkanes of at least 4 members (excludes halogenated alkanes) is 4. The summed E-state index contributed by atoms with van der Waals surface area (Å²) in [6.07, 6.45) is 6.36. The van der Waals surface area contributed by atoms with Crippen LogP contribution in [0.4, 0.5) is 5.69 Å². The summed E-state index contributed by atoms with van der Waals surface area (Å²) in [6.45, 7) is 12.8. The molecule has 0 saturated heterocycles. The minimum Gasteiger partial charge on any atom is -0.383 e. The van der Waals surface area contributed by atoms with Crippen LogP contribution in [0.15, 0.2) is 42.5 Å². The van der Waals surface area contributed by atoms with Gasteiger partial charge in [0.05, 0.1) is 0 Å². The van der Waals surface area contributed by atoms with Gasteiger partial charge in [-0.25, -0.2) is 0 Å². The third kappa shape index (κ3) is 7.88. The van der Waals surface area contributed by atoms with Gasteiger partial charge in [-0.05, 0) is 57.5 Å². The van der Waals surface area contributed by atoms with E-state index < -0.39 is 0 Å². The molecule has 0 saturated carbocycles. The molecule has 0 aromatic heterocycles. The van der Waals surface area contributed by atoms with Crippen molar-refractivity contribution in [3.05, 3.63) is 53.6 Å². The zero-order valence-corrected chi connectivity index (χ0v) is 23.0. The van der Waals surface area contributed by atoms with Crippen LogP contribution < -0.4 is 21.3 Å². The normalized spacial score (nSPS) is 12.7. The summed E-state index contributed by atoms with van der Waals surface area (Å²) in [5, 5.41) is 14.8. The molecular weight excluding hydrogens is 478 g/mol. The van der Waals surface area contributed by atoms with Crippen molar-refractivity contribution in [3.63, 3.8) is 0 Å². The number of amides is 3. The van der Waals surface area contributed by atoms with Crippen molar-refractivity contribution in [2.45, 2.75) is 52.4 Å². The van der Waals surface area contributed by atoms with Gasteiger partial charge in [0.1, 0.15) is 0 Å². The van der Waals surface area contributed by atoms with Gasteiger partial charge >= 0.3 is 0 Å². The summed E-state index contributed by atoms with van der Waals surface area (Å²) in [6, 6.07) is 9.50. The summed E-state index contributed by atoms with van der Waals surface area (Å²) >= 11 is 0. The number of hydrogen-bond donors (Lipinski definition) is 4. The predicted molar refractivity (Wildman–Crippen MR) is 155 cm³/mol. The fourth-order valence-corrected chi connectivity index (χ4v) is 4.62. The fraction of sp³-hybridized carbons (Fsp3) is 0.500. The number of benzene rings is 2. The molecule has 1 aliphatic heterocycles. The van der Waals surface area contributed by atoms with Crippen LogP contribution in [-0.4, -0.2) is 68.4 Å². The summed E-state index contributed by atoms with van der Waals surface area (Å²) in [7, 11) is 0. The molecule has 3 amide bonds. The van der Waals surface area contributed by atoms with E-state index in [1.54, 1.807) is 6.92 Å². The van der Waals surface area contributed by atoms with Crippen molar-refractivity contribution >= 4 is 34.2 Å². The number of carbonyl (C=O) groups is 3. The monoisotopic (exact) mass is 521 g/mol. The smallest absolute Gasteiger partial charge is 0.261 e. The lowest BCUT2D eigenvalue weighted by molar-refractivity contribution is -0.117. The van der Waals surface area contributed by atoms with Crippen molar-refractivity contribution in [2.75, 3.05) is 51.1 Å². The average molecular weight is 522 g/mol. The number of rotatable bonds is 18. The highest BCUT2D eigenvalue weighted by atomic mass is 16.2. The number of hydrogen-bond acceptors (Lipinski definition) is 6. The van der Waals surface area contributed by atoms with Gasteiger partial charge in [-0.15, -0.1) is 0 Å². The first-order valence-corrected chi connectivity index (χ1v) is 14.0. The van der Waals surface area contributed by atoms with Crippen LogP contribution >= 0.6 is 0 Å². The van der Waals surface area contributed by atoms with Crippen LogP contribution in [0.1, 0.15) is 73.1 Å². The molecule has 1 heterocycles. The van der Waals surface area contributed by atoms with E-state index in [0.29, 0.717) is 29.8 Å². The number of nitrogens with zero attached hydrogens (tertiary/aromatic N) is 1. The van der Waals surface area contributed by atoms with E-state index in [9.17, 15) is 14.4 Å². The van der Waals surface area contributed by atoms with Crippen LogP contribution in [-0.2, 0) is 4.79 Å². The second-order valence-corrected chi connectivity index (χ2v) is 9.88. The molecule has 206 valence electrons. The molecule has 0 atom stereocenters. The number of carbonyl (C=O) groups excluding carboxylic acids is 3. The Morgan fingerprint density at radius 3 is 2.13 bits per heavy atom. The summed E-state index contributed by atoms with van der Waals surface area (Å²) < 4.78 is 0. The van der Waals surface area contributed by atoms with E-state index in [4.69, 9.17) is 0 Å². The van der Waals surface area contributed by atoms with Crippen molar-refractivity contribution in [3.8, 4) is 0 Å². The average Bonchev–Trinajstić information content (AvgIpc) is 2.91. The summed E-state index contributed by atoms with van der Waals surface area (Å²) in [5.74, 6) is -0.469. The Morgan fingerprint density at radius 2 is 1.47 bits per heavy atom. The van der Waals surface area contributed by atoms with Crippen molar-refractivity contribution in [1.29, 1.82) is 0 Å². The predicted octanol–water partition coefficient (Wildman–Crippen LogP) is 4.08. The molecule has 8 nitrogen and oxygen atoms in total. The highest BCUT2D eigenvalue weighted by Gasteiger charge is 2.32. The van der Waals surface area contributed by atoms with Crippen molar-refractivity contribution in [1.82, 2.24) is 20.9 Å². The molecule has 38 heavy (non-hydrogen) atoms. The van der Waals surface area contributed by atoms with Crippen LogP contribution in [0.5, 0.6) is 0 Å². The lowest BCUT2D eigenvalue weighted by atomic mass is 9.93. The molecule has 0 aliphatic carbocycles. The molecule has 0 bridgehead atoms. The Labute approximate surface area is 226 Å². The second-order valence-electron chi connectivity index (χ2n) is 9.88. The molecule has 0 fully saturated rings. The zero-order valence-electron chi connectivity index (χ0n) is 23.0. The number of anilines is 1. The maximum atomic E-state index is 13.0. The van der Waals surface area contributed by atoms with Gasteiger partial charge < -0.3 is 21.3 Å². The van der Waals surface area contributed by atoms with E-state index in [0.717, 1.165) is 74.9 Å². The first-order valence-electron chi connectivity index (χ1n) is 14.0. The Bertz CT molecular complexity index is 1110. The van der Waals surface area contributed by atoms with Gasteiger partial charge in [-0.2, -0.15) is 0 Å². The lowest BCUT2D eigenvalue weighted by Gasteiger charge is -2.27. The fourth-order valence-electron chi connectivity index (χ4n) is 4.62. The van der Waals surface area contributed by atoms with E-state index in [1.807, 2.05) is 30.3 Å². The third-order valence-electron chi connectivity index (χ3n) is 6.78. The van der Waals surface area contributed by atoms with E-state index in [1.165, 1.54) is 17.7 Å². The molecule has 8 heteroatoms. The van der Waals surface area contributed by atoms with Gasteiger partial charge in [0.25, 0.3) is 11.8 Å². The largest absolute Gasteiger partial charge is 0.383 e. The Hall–Kier alpha value is -3.23. The van der Waals surface area contributed by atoms with Gasteiger partial charge in [0, 0.05) is 65.9 Å². The molecular formula is C30H43N5O3. The maximum Gasteiger partial charge on any atom is 0.261 e. The number of imide groups is 1. The molecule has 0 radical (unpaired) electrons. The molecule has 3 rings (SSSR count). The maximum absolute atomic E-state index is 13.0. The van der Waals surface area contributed by atoms with Crippen LogP contribution in [0, 0.1) is 0 Å². The third-order valence-corrected chi connectivity index (χ3v) is 6.78. The highest BCUT2D eigenvalue weighted by molar-refractivity contribution is 6.26. The molecule has 0 unspecified atom stereocenters. The minimum atomic E-state index is -0.191. The second kappa shape index (κ2) is 15.2. The quantitative estimate of drug-likeness (QED) is 0.134. The van der Waals surface area contributed by atoms with E-state index in [-0.39, 0.29) is 17.7 Å². The molecule has 0 spiro atoms. The molecule has 4 N–H and O–H groups in total. The van der Waals surface area contributed by atoms with Gasteiger partial charge in [-0.3, -0.25) is 19.3 Å². The van der Waals surface area contributed by atoms with Crippen molar-refractivity contribution < 1.29 is 14.4 Å². The van der Waals surface area contributed by atoms with Gasteiger partial charge in [0.15, 0.2) is 0 Å². The van der Waals surface area contributed by atoms with E-state index in [2.05, 4.69) is 34.8 Å². The van der Waals surface area contributed by atoms with E-state index >= 15 is 0 Å². The minimum absolute atomic E-state index is 0.0860. The Morgan fingerprint density at radius 1 is 0.816 bits per heavy atom. The highest BCUT2D eigenvalue weighted by Crippen LogP contribution is 2.34. The van der Waals surface area contributed by atoms with Crippen LogP contribution in [0.3, 0.4) is 0 Å². The topological polar surface area (TPSA) is 103 Å². The summed E-state index contributed by atoms with van der Waals surface area (Å²) in [4.78, 5) is 38.8. The Kier molecular flexibility index (Phi) is 11.8. The van der Waals surface area contributed by atoms with Crippen LogP contribution in [0.25, 0.3) is 10.8 Å². The standard InChI is InChI=1S/C30H43N5O3/c1-4-5-21-35-29(37)24-12-10-11-23-26(14-13-25(27(23)24)30(35)38)33-19-17-31-15-8-6-7-9-16-32-18-20-34-28(36)22(2)3/h10-14,31-33H,2,4-9,15-21H2,1,3H3,(H,34,36). The lowest BCUT2D eigenvalue weighted by Crippen LogP contribution is -2.40.